The standard InChI is InChI=1S/C17H24N6O3S/c1-20(2)27(25,26)21-9-13-7-8-14(11-21)22(10-13)17(24)12-23-18-15-5-3-4-6-16(15)19-23/h3-6,13-14H,7-12H2,1-2H3/t13-,14+/m0/s1. The molecule has 2 atom stereocenters. The number of hydrogen-bond acceptors (Lipinski definition) is 5. The number of carbonyl (C=O) groups is 1. The predicted octanol–water partition coefficient (Wildman–Crippen LogP) is 0.161. The number of fused-ring (bicyclic) bond motifs is 5. The van der Waals surface area contributed by atoms with E-state index in [2.05, 4.69) is 10.2 Å². The third-order valence-electron chi connectivity index (χ3n) is 5.39. The van der Waals surface area contributed by atoms with Crippen LogP contribution in [-0.2, 0) is 21.5 Å². The maximum Gasteiger partial charge on any atom is 0.281 e. The molecule has 3 aliphatic heterocycles. The Morgan fingerprint density at radius 3 is 2.41 bits per heavy atom. The summed E-state index contributed by atoms with van der Waals surface area (Å²) < 4.78 is 27.9. The van der Waals surface area contributed by atoms with Crippen LogP contribution in [0.3, 0.4) is 0 Å². The first-order valence-electron chi connectivity index (χ1n) is 9.11. The Hall–Kier alpha value is -2.04. The van der Waals surface area contributed by atoms with Crippen molar-refractivity contribution in [3.63, 3.8) is 0 Å². The van der Waals surface area contributed by atoms with Crippen LogP contribution < -0.4 is 0 Å². The average Bonchev–Trinajstić information content (AvgIpc) is 2.80. The lowest BCUT2D eigenvalue weighted by Crippen LogP contribution is -2.49. The molecule has 1 amide bonds. The fourth-order valence-corrected chi connectivity index (χ4v) is 5.17. The summed E-state index contributed by atoms with van der Waals surface area (Å²) in [4.78, 5) is 16.2. The summed E-state index contributed by atoms with van der Waals surface area (Å²) in [5.74, 6) is 0.0983. The first kappa shape index (κ1) is 18.3. The number of hydrogen-bond donors (Lipinski definition) is 0. The lowest BCUT2D eigenvalue weighted by molar-refractivity contribution is -0.136. The van der Waals surface area contributed by atoms with Gasteiger partial charge in [0.25, 0.3) is 10.2 Å². The number of benzene rings is 1. The molecule has 0 spiro atoms. The molecule has 27 heavy (non-hydrogen) atoms. The van der Waals surface area contributed by atoms with E-state index in [4.69, 9.17) is 0 Å². The zero-order valence-corrected chi connectivity index (χ0v) is 16.3. The van der Waals surface area contributed by atoms with E-state index in [1.54, 1.807) is 14.1 Å². The van der Waals surface area contributed by atoms with Crippen molar-refractivity contribution in [2.75, 3.05) is 33.7 Å². The van der Waals surface area contributed by atoms with E-state index in [0.29, 0.717) is 19.6 Å². The van der Waals surface area contributed by atoms with Crippen molar-refractivity contribution in [2.24, 2.45) is 5.92 Å². The number of piperidine rings is 1. The molecule has 9 nitrogen and oxygen atoms in total. The number of rotatable bonds is 4. The fourth-order valence-electron chi connectivity index (χ4n) is 3.95. The predicted molar refractivity (Wildman–Crippen MR) is 99.9 cm³/mol. The molecular formula is C17H24N6O3S. The maximum absolute atomic E-state index is 12.9. The summed E-state index contributed by atoms with van der Waals surface area (Å²) in [5.41, 5.74) is 1.51. The Morgan fingerprint density at radius 2 is 1.78 bits per heavy atom. The Bertz CT molecular complexity index is 923. The van der Waals surface area contributed by atoms with Crippen LogP contribution in [0, 0.1) is 5.92 Å². The second kappa shape index (κ2) is 6.84. The van der Waals surface area contributed by atoms with Crippen LogP contribution in [0.25, 0.3) is 11.0 Å². The van der Waals surface area contributed by atoms with Gasteiger partial charge in [0, 0.05) is 39.8 Å². The van der Waals surface area contributed by atoms with Crippen LogP contribution in [-0.4, -0.2) is 82.6 Å². The van der Waals surface area contributed by atoms with Crippen LogP contribution in [0.1, 0.15) is 12.8 Å². The van der Waals surface area contributed by atoms with Crippen molar-refractivity contribution in [3.8, 4) is 0 Å². The summed E-state index contributed by atoms with van der Waals surface area (Å²) >= 11 is 0. The highest BCUT2D eigenvalue weighted by molar-refractivity contribution is 7.86. The molecule has 5 rings (SSSR count). The number of amides is 1. The third kappa shape index (κ3) is 3.44. The zero-order chi connectivity index (χ0) is 19.2. The van der Waals surface area contributed by atoms with Gasteiger partial charge in [-0.05, 0) is 30.9 Å². The van der Waals surface area contributed by atoms with Gasteiger partial charge >= 0.3 is 0 Å². The van der Waals surface area contributed by atoms with Gasteiger partial charge in [-0.3, -0.25) is 4.79 Å². The summed E-state index contributed by atoms with van der Waals surface area (Å²) in [7, 11) is -0.394. The van der Waals surface area contributed by atoms with Crippen LogP contribution in [0.5, 0.6) is 0 Å². The summed E-state index contributed by atoms with van der Waals surface area (Å²) in [6.07, 6.45) is 1.77. The lowest BCUT2D eigenvalue weighted by atomic mass is 9.95. The van der Waals surface area contributed by atoms with Crippen molar-refractivity contribution in [3.05, 3.63) is 24.3 Å². The number of carbonyl (C=O) groups excluding carboxylic acids is 1. The quantitative estimate of drug-likeness (QED) is 0.739. The molecule has 1 aromatic carbocycles. The molecule has 10 heteroatoms. The van der Waals surface area contributed by atoms with Gasteiger partial charge in [-0.25, -0.2) is 0 Å². The zero-order valence-electron chi connectivity index (χ0n) is 15.5. The highest BCUT2D eigenvalue weighted by Crippen LogP contribution is 2.30. The molecule has 146 valence electrons. The summed E-state index contributed by atoms with van der Waals surface area (Å²) in [6.45, 7) is 1.46. The Balaban J connectivity index is 1.51. The van der Waals surface area contributed by atoms with E-state index >= 15 is 0 Å². The molecule has 3 aliphatic rings. The van der Waals surface area contributed by atoms with Gasteiger partial charge < -0.3 is 4.90 Å². The molecule has 2 aromatic rings. The normalized spacial score (nSPS) is 23.9. The minimum absolute atomic E-state index is 0.0610. The molecule has 4 heterocycles. The van der Waals surface area contributed by atoms with E-state index in [-0.39, 0.29) is 24.4 Å². The molecule has 0 unspecified atom stereocenters. The molecule has 0 saturated carbocycles. The maximum atomic E-state index is 12.9. The summed E-state index contributed by atoms with van der Waals surface area (Å²) in [5, 5.41) is 8.71. The molecule has 3 saturated heterocycles. The molecular weight excluding hydrogens is 368 g/mol. The minimum atomic E-state index is -3.48. The molecule has 0 N–H and O–H groups in total. The van der Waals surface area contributed by atoms with Crippen molar-refractivity contribution in [1.82, 2.24) is 28.5 Å². The molecule has 2 bridgehead atoms. The number of aromatic nitrogens is 3. The minimum Gasteiger partial charge on any atom is -0.336 e. The van der Waals surface area contributed by atoms with Gasteiger partial charge in [0.15, 0.2) is 0 Å². The van der Waals surface area contributed by atoms with E-state index in [9.17, 15) is 13.2 Å². The first-order valence-corrected chi connectivity index (χ1v) is 10.5. The average molecular weight is 392 g/mol. The van der Waals surface area contributed by atoms with Gasteiger partial charge in [0.2, 0.25) is 5.91 Å². The van der Waals surface area contributed by atoms with Crippen molar-refractivity contribution < 1.29 is 13.2 Å². The van der Waals surface area contributed by atoms with E-state index in [0.717, 1.165) is 23.9 Å². The lowest BCUT2D eigenvalue weighted by Gasteiger charge is -2.36. The van der Waals surface area contributed by atoms with Gasteiger partial charge in [-0.1, -0.05) is 12.1 Å². The Morgan fingerprint density at radius 1 is 1.11 bits per heavy atom. The molecule has 3 fully saturated rings. The second-order valence-corrected chi connectivity index (χ2v) is 9.61. The van der Waals surface area contributed by atoms with Gasteiger partial charge in [-0.2, -0.15) is 32.0 Å². The largest absolute Gasteiger partial charge is 0.336 e. The monoisotopic (exact) mass is 392 g/mol. The third-order valence-corrected chi connectivity index (χ3v) is 7.27. The highest BCUT2D eigenvalue weighted by atomic mass is 32.2. The Labute approximate surface area is 158 Å². The van der Waals surface area contributed by atoms with Gasteiger partial charge in [0.05, 0.1) is 0 Å². The topological polar surface area (TPSA) is 91.6 Å². The van der Waals surface area contributed by atoms with Crippen LogP contribution in [0.4, 0.5) is 0 Å². The van der Waals surface area contributed by atoms with E-state index in [1.807, 2.05) is 29.2 Å². The second-order valence-electron chi connectivity index (χ2n) is 7.47. The smallest absolute Gasteiger partial charge is 0.281 e. The number of nitrogens with zero attached hydrogens (tertiary/aromatic N) is 6. The first-order chi connectivity index (χ1) is 12.8. The van der Waals surface area contributed by atoms with E-state index in [1.165, 1.54) is 13.4 Å². The molecule has 1 aromatic heterocycles. The SMILES string of the molecule is CN(C)S(=O)(=O)N1C[C@@H]2CC[C@H](C1)N(C(=O)Cn1nc3ccccc3n1)C2. The molecule has 0 radical (unpaired) electrons. The fraction of sp³-hybridized carbons (Fsp3) is 0.588. The van der Waals surface area contributed by atoms with Crippen molar-refractivity contribution >= 4 is 27.1 Å². The van der Waals surface area contributed by atoms with E-state index < -0.39 is 10.2 Å². The van der Waals surface area contributed by atoms with Crippen LogP contribution in [0.15, 0.2) is 24.3 Å². The van der Waals surface area contributed by atoms with Crippen molar-refractivity contribution in [2.45, 2.75) is 25.4 Å². The van der Waals surface area contributed by atoms with Gasteiger partial charge in [0.1, 0.15) is 17.6 Å². The Kier molecular flexibility index (Phi) is 4.65. The van der Waals surface area contributed by atoms with Gasteiger partial charge in [-0.15, -0.1) is 0 Å². The van der Waals surface area contributed by atoms with Crippen LogP contribution in [0.2, 0.25) is 0 Å². The summed E-state index contributed by atoms with van der Waals surface area (Å²) in [6, 6.07) is 7.39. The van der Waals surface area contributed by atoms with Crippen molar-refractivity contribution in [1.29, 1.82) is 0 Å². The highest BCUT2D eigenvalue weighted by Gasteiger charge is 2.41. The molecule has 0 aliphatic carbocycles. The van der Waals surface area contributed by atoms with Crippen LogP contribution >= 0.6 is 0 Å².